The molecule has 0 spiro atoms. The zero-order valence-corrected chi connectivity index (χ0v) is 23.8. The Kier molecular flexibility index (Phi) is 8.32. The van der Waals surface area contributed by atoms with Crippen molar-refractivity contribution in [2.24, 2.45) is 0 Å². The van der Waals surface area contributed by atoms with E-state index >= 15 is 0 Å². The van der Waals surface area contributed by atoms with E-state index in [4.69, 9.17) is 3.07 Å². The zero-order valence-electron chi connectivity index (χ0n) is 21.0. The summed E-state index contributed by atoms with van der Waals surface area (Å²) in [5.41, 5.74) is 2.19. The van der Waals surface area contributed by atoms with Gasteiger partial charge < -0.3 is 0 Å². The molecular formula is C29H46O2Sn. The van der Waals surface area contributed by atoms with Gasteiger partial charge in [0.25, 0.3) is 0 Å². The summed E-state index contributed by atoms with van der Waals surface area (Å²) in [6.45, 7) is 6.70. The fourth-order valence-electron chi connectivity index (χ4n) is 7.24. The van der Waals surface area contributed by atoms with E-state index in [1.165, 1.54) is 102 Å². The summed E-state index contributed by atoms with van der Waals surface area (Å²) in [5, 5.41) is 0. The van der Waals surface area contributed by atoms with Crippen LogP contribution in [0, 0.1) is 0 Å². The second-order valence-corrected chi connectivity index (χ2v) is 24.5. The maximum absolute atomic E-state index is 13.8. The summed E-state index contributed by atoms with van der Waals surface area (Å²) in [6.07, 6.45) is 20.4. The number of rotatable bonds is 5. The molecule has 1 aromatic carbocycles. The summed E-state index contributed by atoms with van der Waals surface area (Å²) in [4.78, 5) is 13.8. The van der Waals surface area contributed by atoms with Gasteiger partial charge in [-0.25, -0.2) is 0 Å². The Morgan fingerprint density at radius 1 is 0.688 bits per heavy atom. The monoisotopic (exact) mass is 546 g/mol. The maximum atomic E-state index is 13.8. The first-order chi connectivity index (χ1) is 15.4. The first-order valence-corrected chi connectivity index (χ1v) is 19.9. The van der Waals surface area contributed by atoms with E-state index < -0.39 is 18.8 Å². The van der Waals surface area contributed by atoms with Crippen molar-refractivity contribution in [3.63, 3.8) is 0 Å². The van der Waals surface area contributed by atoms with Crippen LogP contribution in [0.1, 0.15) is 133 Å². The molecule has 32 heavy (non-hydrogen) atoms. The quantitative estimate of drug-likeness (QED) is 0.345. The topological polar surface area (TPSA) is 26.3 Å². The van der Waals surface area contributed by atoms with Gasteiger partial charge >= 0.3 is 202 Å². The van der Waals surface area contributed by atoms with Crippen molar-refractivity contribution < 1.29 is 7.87 Å². The van der Waals surface area contributed by atoms with Crippen LogP contribution in [0.25, 0.3) is 0 Å². The Morgan fingerprint density at radius 2 is 1.06 bits per heavy atom. The second kappa shape index (κ2) is 10.8. The third-order valence-corrected chi connectivity index (χ3v) is 26.4. The molecule has 0 atom stereocenters. The molecule has 4 rings (SSSR count). The van der Waals surface area contributed by atoms with Crippen LogP contribution in [-0.4, -0.2) is 24.8 Å². The molecule has 1 aromatic rings. The van der Waals surface area contributed by atoms with Gasteiger partial charge in [0, 0.05) is 0 Å². The predicted molar refractivity (Wildman–Crippen MR) is 137 cm³/mol. The summed E-state index contributed by atoms with van der Waals surface area (Å²) in [5.74, 6) is 0.0305. The molecule has 0 heterocycles. The molecule has 178 valence electrons. The van der Waals surface area contributed by atoms with E-state index in [-0.39, 0.29) is 11.4 Å². The van der Waals surface area contributed by atoms with Crippen LogP contribution >= 0.6 is 0 Å². The zero-order chi connectivity index (χ0) is 22.6. The molecule has 0 bridgehead atoms. The minimum absolute atomic E-state index is 0.0305. The standard InChI is InChI=1S/C11H14O2.3C6H11.Sn/c1-11(2,3)9-6-4-8(5-7-9)10(12)13;3*1-2-4-6-5-3-1;/h4-7H,1-3H3,(H,12,13);3*1H,2-6H2;/q;;;;+1/p-1. The molecular weight excluding hydrogens is 499 g/mol. The van der Waals surface area contributed by atoms with Crippen LogP contribution in [0.3, 0.4) is 0 Å². The van der Waals surface area contributed by atoms with Gasteiger partial charge in [-0.05, 0) is 0 Å². The average molecular weight is 545 g/mol. The van der Waals surface area contributed by atoms with E-state index in [9.17, 15) is 4.79 Å². The molecule has 0 amide bonds. The molecule has 0 aromatic heterocycles. The Bertz CT molecular complexity index is 684. The Hall–Kier alpha value is -0.511. The summed E-state index contributed by atoms with van der Waals surface area (Å²) >= 11 is -3.26. The summed E-state index contributed by atoms with van der Waals surface area (Å²) in [6, 6.07) is 8.38. The normalized spacial score (nSPS) is 22.6. The van der Waals surface area contributed by atoms with Crippen molar-refractivity contribution in [3.05, 3.63) is 35.4 Å². The third-order valence-electron chi connectivity index (χ3n) is 8.99. The second-order valence-electron chi connectivity index (χ2n) is 12.1. The number of hydrogen-bond acceptors (Lipinski definition) is 2. The van der Waals surface area contributed by atoms with Crippen molar-refractivity contribution in [3.8, 4) is 0 Å². The van der Waals surface area contributed by atoms with Crippen molar-refractivity contribution in [2.45, 2.75) is 134 Å². The van der Waals surface area contributed by atoms with Gasteiger partial charge in [0.15, 0.2) is 0 Å². The number of carbonyl (C=O) groups excluding carboxylic acids is 1. The third kappa shape index (κ3) is 5.41. The fourth-order valence-corrected chi connectivity index (χ4v) is 26.8. The van der Waals surface area contributed by atoms with Gasteiger partial charge in [0.2, 0.25) is 0 Å². The van der Waals surface area contributed by atoms with E-state index in [1.807, 2.05) is 12.1 Å². The van der Waals surface area contributed by atoms with Crippen LogP contribution in [-0.2, 0) is 8.49 Å². The van der Waals surface area contributed by atoms with Gasteiger partial charge in [-0.1, -0.05) is 0 Å². The molecule has 0 N–H and O–H groups in total. The van der Waals surface area contributed by atoms with E-state index in [1.54, 1.807) is 0 Å². The van der Waals surface area contributed by atoms with Crippen molar-refractivity contribution >= 4 is 24.8 Å². The van der Waals surface area contributed by atoms with Gasteiger partial charge in [-0.3, -0.25) is 0 Å². The molecule has 3 aliphatic carbocycles. The minimum atomic E-state index is -3.26. The molecule has 3 aliphatic rings. The fraction of sp³-hybridized carbons (Fsp3) is 0.759. The number of benzene rings is 1. The Morgan fingerprint density at radius 3 is 1.41 bits per heavy atom. The molecule has 0 saturated heterocycles. The molecule has 2 nitrogen and oxygen atoms in total. The molecule has 0 radical (unpaired) electrons. The van der Waals surface area contributed by atoms with Crippen molar-refractivity contribution in [2.75, 3.05) is 0 Å². The SMILES string of the molecule is CC(C)(C)c1ccc(C(=O)[O][Sn]([CH]2CCCCC2)([CH]2CCCCC2)[CH]2CCCCC2)cc1. The molecule has 3 saturated carbocycles. The van der Waals surface area contributed by atoms with Crippen LogP contribution in [0.15, 0.2) is 24.3 Å². The van der Waals surface area contributed by atoms with Gasteiger partial charge in [-0.2, -0.15) is 0 Å². The van der Waals surface area contributed by atoms with Gasteiger partial charge in [0.1, 0.15) is 0 Å². The number of hydrogen-bond donors (Lipinski definition) is 0. The van der Waals surface area contributed by atoms with E-state index in [0.717, 1.165) is 17.4 Å². The first-order valence-electron chi connectivity index (χ1n) is 13.7. The van der Waals surface area contributed by atoms with Crippen LogP contribution in [0.4, 0.5) is 0 Å². The summed E-state index contributed by atoms with van der Waals surface area (Å²) in [7, 11) is 0. The van der Waals surface area contributed by atoms with E-state index in [0.29, 0.717) is 0 Å². The molecule has 0 aliphatic heterocycles. The Balaban J connectivity index is 1.67. The van der Waals surface area contributed by atoms with Gasteiger partial charge in [-0.15, -0.1) is 0 Å². The molecule has 3 fully saturated rings. The number of carbonyl (C=O) groups is 1. The van der Waals surface area contributed by atoms with E-state index in [2.05, 4.69) is 32.9 Å². The summed E-state index contributed by atoms with van der Waals surface area (Å²) < 4.78 is 9.44. The molecule has 0 unspecified atom stereocenters. The molecule has 3 heteroatoms. The van der Waals surface area contributed by atoms with Crippen LogP contribution < -0.4 is 0 Å². The van der Waals surface area contributed by atoms with Crippen molar-refractivity contribution in [1.29, 1.82) is 0 Å². The van der Waals surface area contributed by atoms with Crippen LogP contribution in [0.2, 0.25) is 11.8 Å². The Labute approximate surface area is 201 Å². The van der Waals surface area contributed by atoms with Crippen molar-refractivity contribution in [1.82, 2.24) is 0 Å². The average Bonchev–Trinajstić information content (AvgIpc) is 2.83. The predicted octanol–water partition coefficient (Wildman–Crippen LogP) is 9.09. The van der Waals surface area contributed by atoms with Gasteiger partial charge in [0.05, 0.1) is 0 Å². The van der Waals surface area contributed by atoms with Crippen LogP contribution in [0.5, 0.6) is 0 Å². The first kappa shape index (κ1) is 24.6.